The van der Waals surface area contributed by atoms with E-state index in [0.29, 0.717) is 18.8 Å². The van der Waals surface area contributed by atoms with Crippen LogP contribution >= 0.6 is 0 Å². The topological polar surface area (TPSA) is 101 Å². The van der Waals surface area contributed by atoms with Crippen LogP contribution in [0.4, 0.5) is 0 Å². The van der Waals surface area contributed by atoms with Crippen LogP contribution in [0.25, 0.3) is 0 Å². The van der Waals surface area contributed by atoms with Crippen LogP contribution in [-0.2, 0) is 14.4 Å². The summed E-state index contributed by atoms with van der Waals surface area (Å²) in [6.45, 7) is 9.41. The summed E-state index contributed by atoms with van der Waals surface area (Å²) < 4.78 is 0. The van der Waals surface area contributed by atoms with Crippen molar-refractivity contribution in [1.29, 1.82) is 0 Å². The van der Waals surface area contributed by atoms with E-state index >= 15 is 0 Å². The van der Waals surface area contributed by atoms with Gasteiger partial charge in [0.05, 0.1) is 12.1 Å². The van der Waals surface area contributed by atoms with Gasteiger partial charge in [-0.3, -0.25) is 14.4 Å². The lowest BCUT2D eigenvalue weighted by molar-refractivity contribution is -0.129. The Morgan fingerprint density at radius 2 is 1.48 bits per heavy atom. The highest BCUT2D eigenvalue weighted by Crippen LogP contribution is 2.04. The Kier molecular flexibility index (Phi) is 8.85. The zero-order chi connectivity index (χ0) is 16.6. The molecule has 3 atom stereocenters. The second-order valence-electron chi connectivity index (χ2n) is 6.27. The van der Waals surface area contributed by atoms with Crippen molar-refractivity contribution < 1.29 is 14.4 Å². The summed E-state index contributed by atoms with van der Waals surface area (Å²) >= 11 is 0. The maximum atomic E-state index is 11.9. The van der Waals surface area contributed by atoms with Crippen LogP contribution in [0.1, 0.15) is 47.5 Å². The first-order chi connectivity index (χ1) is 9.67. The van der Waals surface area contributed by atoms with Crippen LogP contribution in [0.2, 0.25) is 0 Å². The van der Waals surface area contributed by atoms with E-state index < -0.39 is 24.0 Å². The SMILES string of the molecule is CC(C)CC(N)C(=O)N[C@@H](C)C(=O)N[C@H]([C]=O)CC(C)C. The Balaban J connectivity index is 4.37. The lowest BCUT2D eigenvalue weighted by atomic mass is 10.0. The molecular weight excluding hydrogens is 270 g/mol. The molecule has 0 aliphatic rings. The zero-order valence-corrected chi connectivity index (χ0v) is 13.6. The van der Waals surface area contributed by atoms with E-state index in [2.05, 4.69) is 10.6 Å². The predicted octanol–water partition coefficient (Wildman–Crippen LogP) is 0.505. The number of nitrogens with one attached hydrogen (secondary N) is 2. The summed E-state index contributed by atoms with van der Waals surface area (Å²) in [5.41, 5.74) is 5.75. The lowest BCUT2D eigenvalue weighted by Gasteiger charge is -2.20. The van der Waals surface area contributed by atoms with Gasteiger partial charge in [-0.2, -0.15) is 0 Å². The van der Waals surface area contributed by atoms with E-state index in [1.165, 1.54) is 0 Å². The van der Waals surface area contributed by atoms with Crippen molar-refractivity contribution in [3.8, 4) is 0 Å². The number of carbonyl (C=O) groups is 2. The van der Waals surface area contributed by atoms with Gasteiger partial charge in [0.1, 0.15) is 6.04 Å². The number of hydrogen-bond acceptors (Lipinski definition) is 4. The van der Waals surface area contributed by atoms with Crippen LogP contribution in [0.15, 0.2) is 0 Å². The van der Waals surface area contributed by atoms with E-state index in [0.717, 1.165) is 0 Å². The summed E-state index contributed by atoms with van der Waals surface area (Å²) in [6.07, 6.45) is 2.87. The normalized spacial score (nSPS) is 15.4. The number of hydrogen-bond donors (Lipinski definition) is 3. The second kappa shape index (κ2) is 9.50. The smallest absolute Gasteiger partial charge is 0.242 e. The molecule has 0 rings (SSSR count). The monoisotopic (exact) mass is 298 g/mol. The quantitative estimate of drug-likeness (QED) is 0.577. The molecule has 6 heteroatoms. The molecule has 0 aromatic carbocycles. The van der Waals surface area contributed by atoms with Gasteiger partial charge in [-0.25, -0.2) is 0 Å². The van der Waals surface area contributed by atoms with Crippen molar-refractivity contribution in [1.82, 2.24) is 10.6 Å². The Hall–Kier alpha value is -1.43. The van der Waals surface area contributed by atoms with Gasteiger partial charge in [-0.1, -0.05) is 27.7 Å². The molecule has 0 spiro atoms. The maximum absolute atomic E-state index is 11.9. The van der Waals surface area contributed by atoms with Crippen molar-refractivity contribution in [3.05, 3.63) is 0 Å². The highest BCUT2D eigenvalue weighted by molar-refractivity contribution is 5.90. The Morgan fingerprint density at radius 3 is 1.90 bits per heavy atom. The third kappa shape index (κ3) is 8.45. The molecule has 0 aromatic rings. The van der Waals surface area contributed by atoms with E-state index in [4.69, 9.17) is 5.73 Å². The van der Waals surface area contributed by atoms with Gasteiger partial charge in [0.25, 0.3) is 0 Å². The summed E-state index contributed by atoms with van der Waals surface area (Å²) in [5.74, 6) is -0.202. The fourth-order valence-electron chi connectivity index (χ4n) is 1.91. The molecule has 0 aliphatic heterocycles. The van der Waals surface area contributed by atoms with Crippen LogP contribution < -0.4 is 16.4 Å². The van der Waals surface area contributed by atoms with Crippen LogP contribution in [0.3, 0.4) is 0 Å². The van der Waals surface area contributed by atoms with Crippen molar-refractivity contribution >= 4 is 18.1 Å². The van der Waals surface area contributed by atoms with Gasteiger partial charge in [-0.15, -0.1) is 0 Å². The van der Waals surface area contributed by atoms with Gasteiger partial charge in [0.2, 0.25) is 18.1 Å². The lowest BCUT2D eigenvalue weighted by Crippen LogP contribution is -2.52. The Labute approximate surface area is 127 Å². The average Bonchev–Trinajstić information content (AvgIpc) is 2.36. The van der Waals surface area contributed by atoms with E-state index in [1.54, 1.807) is 13.2 Å². The first-order valence-electron chi connectivity index (χ1n) is 7.41. The minimum absolute atomic E-state index is 0.265. The molecule has 21 heavy (non-hydrogen) atoms. The second-order valence-corrected chi connectivity index (χ2v) is 6.27. The van der Waals surface area contributed by atoms with Gasteiger partial charge < -0.3 is 16.4 Å². The molecule has 0 heterocycles. The van der Waals surface area contributed by atoms with Crippen molar-refractivity contribution in [2.24, 2.45) is 17.6 Å². The summed E-state index contributed by atoms with van der Waals surface area (Å²) in [4.78, 5) is 34.6. The van der Waals surface area contributed by atoms with Gasteiger partial charge in [0, 0.05) is 0 Å². The number of carbonyl (C=O) groups excluding carboxylic acids is 3. The van der Waals surface area contributed by atoms with E-state index in [9.17, 15) is 14.4 Å². The van der Waals surface area contributed by atoms with Crippen molar-refractivity contribution in [3.63, 3.8) is 0 Å². The van der Waals surface area contributed by atoms with Crippen molar-refractivity contribution in [2.45, 2.75) is 65.6 Å². The molecule has 0 saturated heterocycles. The molecule has 4 N–H and O–H groups in total. The molecule has 2 amide bonds. The average molecular weight is 298 g/mol. The molecule has 0 bridgehead atoms. The van der Waals surface area contributed by atoms with E-state index in [-0.39, 0.29) is 11.8 Å². The third-order valence-electron chi connectivity index (χ3n) is 2.98. The number of rotatable bonds is 9. The maximum Gasteiger partial charge on any atom is 0.242 e. The summed E-state index contributed by atoms with van der Waals surface area (Å²) in [5, 5.41) is 5.13. The fourth-order valence-corrected chi connectivity index (χ4v) is 1.91. The number of amides is 2. The minimum Gasteiger partial charge on any atom is -0.344 e. The molecule has 1 unspecified atom stereocenters. The molecule has 0 fully saturated rings. The molecule has 0 aromatic heterocycles. The highest BCUT2D eigenvalue weighted by atomic mass is 16.2. The van der Waals surface area contributed by atoms with Crippen molar-refractivity contribution in [2.75, 3.05) is 0 Å². The largest absolute Gasteiger partial charge is 0.344 e. The van der Waals surface area contributed by atoms with Crippen LogP contribution in [0, 0.1) is 11.8 Å². The van der Waals surface area contributed by atoms with Gasteiger partial charge >= 0.3 is 0 Å². The third-order valence-corrected chi connectivity index (χ3v) is 2.98. The fraction of sp³-hybridized carbons (Fsp3) is 0.800. The van der Waals surface area contributed by atoms with Gasteiger partial charge in [0.15, 0.2) is 0 Å². The van der Waals surface area contributed by atoms with Crippen LogP contribution in [0.5, 0.6) is 0 Å². The minimum atomic E-state index is -0.737. The first-order valence-corrected chi connectivity index (χ1v) is 7.41. The molecule has 6 nitrogen and oxygen atoms in total. The van der Waals surface area contributed by atoms with Gasteiger partial charge in [-0.05, 0) is 31.6 Å². The van der Waals surface area contributed by atoms with Crippen LogP contribution in [-0.4, -0.2) is 36.2 Å². The Morgan fingerprint density at radius 1 is 0.952 bits per heavy atom. The molecular formula is C15H28N3O3. The number of nitrogens with two attached hydrogens (primary N) is 1. The molecule has 0 saturated carbocycles. The summed E-state index contributed by atoms with van der Waals surface area (Å²) in [6, 6.07) is -2.02. The molecule has 0 aliphatic carbocycles. The molecule has 1 radical (unpaired) electrons. The first kappa shape index (κ1) is 19.6. The predicted molar refractivity (Wildman–Crippen MR) is 82.1 cm³/mol. The standard InChI is InChI=1S/C15H28N3O3/c1-9(2)6-12(8-19)18-14(20)11(5)17-15(21)13(16)7-10(3)4/h9-13H,6-7,16H2,1-5H3,(H,17,21)(H,18,20)/t11-,12-,13?/m0/s1. The van der Waals surface area contributed by atoms with E-state index in [1.807, 2.05) is 27.7 Å². The summed E-state index contributed by atoms with van der Waals surface area (Å²) in [7, 11) is 0. The molecule has 121 valence electrons. The zero-order valence-electron chi connectivity index (χ0n) is 13.6. The Bertz CT molecular complexity index is 356. The highest BCUT2D eigenvalue weighted by Gasteiger charge is 2.22.